The van der Waals surface area contributed by atoms with Gasteiger partial charge in [-0.15, -0.1) is 0 Å². The van der Waals surface area contributed by atoms with Crippen LogP contribution in [0.5, 0.6) is 0 Å². The van der Waals surface area contributed by atoms with Crippen LogP contribution in [0.2, 0.25) is 0 Å². The second-order valence-corrected chi connectivity index (χ2v) is 18.8. The highest BCUT2D eigenvalue weighted by molar-refractivity contribution is 5.13. The molecular formula is C46H89N3O2. The van der Waals surface area contributed by atoms with E-state index in [1.807, 2.05) is 0 Å². The minimum Gasteiger partial charge on any atom is -0.378 e. The molecule has 0 spiro atoms. The standard InChI is InChI=1S/C46H89N3O2/c1-5-6-7-8-9-10-11-12-13-14-15-16-17-18-31-49-32-19-22-37(2)41-25-26-42-40-24-23-38-35-39(50-33-20-29-47)27-28-45(38,3)43(40)36-44(46(41,42)4)51-34-21-30-48/h37-44,49H,5-36,47-48H2,1-4H3/t37-,38?,39-,40?,41?,42+,43+,44+,45?,46?/m1/s1. The Morgan fingerprint density at radius 3 is 1.90 bits per heavy atom. The summed E-state index contributed by atoms with van der Waals surface area (Å²) in [6.07, 6.45) is 36.3. The van der Waals surface area contributed by atoms with Gasteiger partial charge in [0.05, 0.1) is 12.2 Å². The molecule has 4 fully saturated rings. The molecule has 5 heteroatoms. The number of nitrogens with one attached hydrogen (secondary N) is 1. The molecule has 10 atom stereocenters. The van der Waals surface area contributed by atoms with Gasteiger partial charge in [0, 0.05) is 13.2 Å². The van der Waals surface area contributed by atoms with Crippen molar-refractivity contribution >= 4 is 0 Å². The molecule has 5 unspecified atom stereocenters. The molecule has 4 aliphatic rings. The highest BCUT2D eigenvalue weighted by Gasteiger charge is 2.64. The van der Waals surface area contributed by atoms with E-state index in [-0.39, 0.29) is 0 Å². The molecule has 0 aromatic carbocycles. The van der Waals surface area contributed by atoms with Crippen LogP contribution in [0.25, 0.3) is 0 Å². The van der Waals surface area contributed by atoms with E-state index in [1.165, 1.54) is 167 Å². The molecule has 4 saturated carbocycles. The van der Waals surface area contributed by atoms with Crippen LogP contribution in [-0.2, 0) is 9.47 Å². The summed E-state index contributed by atoms with van der Waals surface area (Å²) in [5, 5.41) is 3.82. The average Bonchev–Trinajstić information content (AvgIpc) is 3.49. The van der Waals surface area contributed by atoms with E-state index >= 15 is 0 Å². The minimum absolute atomic E-state index is 0.308. The van der Waals surface area contributed by atoms with E-state index in [9.17, 15) is 0 Å². The van der Waals surface area contributed by atoms with E-state index in [1.54, 1.807) is 0 Å². The largest absolute Gasteiger partial charge is 0.378 e. The van der Waals surface area contributed by atoms with Crippen molar-refractivity contribution in [2.24, 2.45) is 57.8 Å². The van der Waals surface area contributed by atoms with Gasteiger partial charge in [-0.1, -0.05) is 111 Å². The lowest BCUT2D eigenvalue weighted by molar-refractivity contribution is -0.192. The summed E-state index contributed by atoms with van der Waals surface area (Å²) >= 11 is 0. The van der Waals surface area contributed by atoms with Gasteiger partial charge in [-0.25, -0.2) is 0 Å². The van der Waals surface area contributed by atoms with Crippen molar-refractivity contribution < 1.29 is 9.47 Å². The van der Waals surface area contributed by atoms with Crippen LogP contribution < -0.4 is 16.8 Å². The van der Waals surface area contributed by atoms with E-state index in [4.69, 9.17) is 20.9 Å². The van der Waals surface area contributed by atoms with Crippen molar-refractivity contribution in [2.75, 3.05) is 39.4 Å². The molecule has 0 aromatic rings. The van der Waals surface area contributed by atoms with E-state index in [2.05, 4.69) is 33.0 Å². The van der Waals surface area contributed by atoms with E-state index in [0.29, 0.717) is 23.0 Å². The first kappa shape index (κ1) is 43.5. The maximum atomic E-state index is 6.99. The summed E-state index contributed by atoms with van der Waals surface area (Å²) < 4.78 is 13.3. The number of hydrogen-bond donors (Lipinski definition) is 3. The highest BCUT2D eigenvalue weighted by atomic mass is 16.5. The first-order chi connectivity index (χ1) is 24.9. The molecule has 0 aliphatic heterocycles. The van der Waals surface area contributed by atoms with Crippen molar-refractivity contribution in [1.29, 1.82) is 0 Å². The molecule has 0 radical (unpaired) electrons. The fourth-order valence-electron chi connectivity index (χ4n) is 12.5. The van der Waals surface area contributed by atoms with Crippen LogP contribution in [0, 0.1) is 46.3 Å². The summed E-state index contributed by atoms with van der Waals surface area (Å²) in [5.41, 5.74) is 12.5. The Labute approximate surface area is 318 Å². The maximum Gasteiger partial charge on any atom is 0.0637 e. The molecule has 0 bridgehead atoms. The Hall–Kier alpha value is -0.200. The van der Waals surface area contributed by atoms with Crippen molar-refractivity contribution in [1.82, 2.24) is 5.32 Å². The molecule has 4 rings (SSSR count). The van der Waals surface area contributed by atoms with Gasteiger partial charge in [0.1, 0.15) is 0 Å². The molecule has 0 heterocycles. The van der Waals surface area contributed by atoms with Gasteiger partial charge in [-0.2, -0.15) is 0 Å². The maximum absolute atomic E-state index is 6.99. The van der Waals surface area contributed by atoms with Crippen molar-refractivity contribution in [3.63, 3.8) is 0 Å². The van der Waals surface area contributed by atoms with Gasteiger partial charge in [-0.3, -0.25) is 0 Å². The number of ether oxygens (including phenoxy) is 2. The van der Waals surface area contributed by atoms with E-state index in [0.717, 1.165) is 74.7 Å². The Morgan fingerprint density at radius 1 is 0.647 bits per heavy atom. The SMILES string of the molecule is CCCCCCCCCCCCCCCCNCCC[C@@H](C)C1CC[C@H]2C3CCC4C[C@H](OCCCN)CCC4(C)[C@H]3C[C@H](OCCCN)C12C. The fraction of sp³-hybridized carbons (Fsp3) is 1.00. The summed E-state index contributed by atoms with van der Waals surface area (Å²) in [7, 11) is 0. The van der Waals surface area contributed by atoms with Crippen LogP contribution >= 0.6 is 0 Å². The zero-order chi connectivity index (χ0) is 36.4. The summed E-state index contributed by atoms with van der Waals surface area (Å²) in [6, 6.07) is 0. The van der Waals surface area contributed by atoms with Crippen LogP contribution in [0.3, 0.4) is 0 Å². The lowest BCUT2D eigenvalue weighted by atomic mass is 9.43. The third-order valence-electron chi connectivity index (χ3n) is 15.5. The zero-order valence-electron chi connectivity index (χ0n) is 34.7. The van der Waals surface area contributed by atoms with Crippen molar-refractivity contribution in [3.05, 3.63) is 0 Å². The van der Waals surface area contributed by atoms with Gasteiger partial charge in [0.25, 0.3) is 0 Å². The monoisotopic (exact) mass is 716 g/mol. The van der Waals surface area contributed by atoms with Gasteiger partial charge in [0.2, 0.25) is 0 Å². The van der Waals surface area contributed by atoms with Crippen LogP contribution in [-0.4, -0.2) is 51.6 Å². The number of unbranched alkanes of at least 4 members (excludes halogenated alkanes) is 13. The predicted octanol–water partition coefficient (Wildman–Crippen LogP) is 11.2. The first-order valence-electron chi connectivity index (χ1n) is 23.2. The first-order valence-corrected chi connectivity index (χ1v) is 23.2. The topological polar surface area (TPSA) is 82.5 Å². The average molecular weight is 716 g/mol. The molecule has 5 N–H and O–H groups in total. The summed E-state index contributed by atoms with van der Waals surface area (Å²) in [6.45, 7) is 15.8. The quantitative estimate of drug-likeness (QED) is 0.0703. The summed E-state index contributed by atoms with van der Waals surface area (Å²) in [5.74, 6) is 4.86. The molecule has 5 nitrogen and oxygen atoms in total. The third kappa shape index (κ3) is 12.4. The highest BCUT2D eigenvalue weighted by Crippen LogP contribution is 2.69. The fourth-order valence-corrected chi connectivity index (χ4v) is 12.5. The molecule has 0 saturated heterocycles. The molecule has 300 valence electrons. The normalized spacial score (nSPS) is 33.9. The van der Waals surface area contributed by atoms with Gasteiger partial charge in [-0.05, 0) is 156 Å². The van der Waals surface area contributed by atoms with E-state index < -0.39 is 0 Å². The third-order valence-corrected chi connectivity index (χ3v) is 15.5. The Kier molecular flexibility index (Phi) is 20.2. The molecular weight excluding hydrogens is 627 g/mol. The molecule has 0 aromatic heterocycles. The van der Waals surface area contributed by atoms with Crippen LogP contribution in [0.4, 0.5) is 0 Å². The number of rotatable bonds is 28. The lowest BCUT2D eigenvalue weighted by Gasteiger charge is -2.63. The Morgan fingerprint density at radius 2 is 1.25 bits per heavy atom. The van der Waals surface area contributed by atoms with Crippen LogP contribution in [0.1, 0.15) is 195 Å². The number of nitrogens with two attached hydrogens (primary N) is 2. The van der Waals surface area contributed by atoms with Crippen molar-refractivity contribution in [2.45, 2.75) is 207 Å². The Balaban J connectivity index is 1.16. The minimum atomic E-state index is 0.308. The lowest BCUT2D eigenvalue weighted by Crippen LogP contribution is -2.59. The smallest absolute Gasteiger partial charge is 0.0637 e. The predicted molar refractivity (Wildman–Crippen MR) is 219 cm³/mol. The van der Waals surface area contributed by atoms with Crippen molar-refractivity contribution in [3.8, 4) is 0 Å². The van der Waals surface area contributed by atoms with Gasteiger partial charge in [0.15, 0.2) is 0 Å². The molecule has 51 heavy (non-hydrogen) atoms. The molecule has 4 aliphatic carbocycles. The second-order valence-electron chi connectivity index (χ2n) is 18.8. The summed E-state index contributed by atoms with van der Waals surface area (Å²) in [4.78, 5) is 0. The number of hydrogen-bond acceptors (Lipinski definition) is 5. The zero-order valence-corrected chi connectivity index (χ0v) is 34.7. The van der Waals surface area contributed by atoms with Crippen LogP contribution in [0.15, 0.2) is 0 Å². The second kappa shape index (κ2) is 23.7. The molecule has 0 amide bonds. The van der Waals surface area contributed by atoms with Gasteiger partial charge >= 0.3 is 0 Å². The van der Waals surface area contributed by atoms with Gasteiger partial charge < -0.3 is 26.3 Å². The number of fused-ring (bicyclic) bond motifs is 5. The Bertz CT molecular complexity index is 902.